The highest BCUT2D eigenvalue weighted by Gasteiger charge is 2.09. The Morgan fingerprint density at radius 1 is 1.18 bits per heavy atom. The lowest BCUT2D eigenvalue weighted by Gasteiger charge is -2.09. The number of aliphatic imine (C=N–C) groups is 1. The van der Waals surface area contributed by atoms with Gasteiger partial charge in [0, 0.05) is 25.0 Å². The summed E-state index contributed by atoms with van der Waals surface area (Å²) in [5, 5.41) is 2.83. The number of aromatic nitrogens is 2. The molecule has 0 unspecified atom stereocenters. The smallest absolute Gasteiger partial charge is 0.274 e. The Hall–Kier alpha value is -3.46. The van der Waals surface area contributed by atoms with Crippen LogP contribution in [0.3, 0.4) is 0 Å². The summed E-state index contributed by atoms with van der Waals surface area (Å²) in [7, 11) is 4.71. The van der Waals surface area contributed by atoms with Gasteiger partial charge in [-0.15, -0.1) is 0 Å². The lowest BCUT2D eigenvalue weighted by atomic mass is 10.0. The van der Waals surface area contributed by atoms with E-state index in [1.165, 1.54) is 7.11 Å². The fourth-order valence-electron chi connectivity index (χ4n) is 2.35. The van der Waals surface area contributed by atoms with Crippen molar-refractivity contribution < 1.29 is 14.4 Å². The number of hydrogen-bond donors (Lipinski definition) is 3. The van der Waals surface area contributed by atoms with Gasteiger partial charge in [0.2, 0.25) is 0 Å². The summed E-state index contributed by atoms with van der Waals surface area (Å²) in [6, 6.07) is 5.34. The third kappa shape index (κ3) is 6.36. The van der Waals surface area contributed by atoms with Gasteiger partial charge in [-0.25, -0.2) is 15.4 Å². The monoisotopic (exact) mass is 384 g/mol. The van der Waals surface area contributed by atoms with E-state index in [-0.39, 0.29) is 5.91 Å². The zero-order chi connectivity index (χ0) is 20.4. The van der Waals surface area contributed by atoms with Gasteiger partial charge in [0.15, 0.2) is 0 Å². The second-order valence-corrected chi connectivity index (χ2v) is 5.76. The van der Waals surface area contributed by atoms with Crippen molar-refractivity contribution >= 4 is 17.7 Å². The van der Waals surface area contributed by atoms with Crippen LogP contribution in [0.2, 0.25) is 0 Å². The molecule has 0 atom stereocenters. The molecule has 0 aliphatic rings. The molecule has 0 aliphatic carbocycles. The number of carbonyl (C=O) groups excluding carboxylic acids is 1. The third-order valence-electron chi connectivity index (χ3n) is 3.70. The molecule has 0 fully saturated rings. The first kappa shape index (κ1) is 20.8. The highest BCUT2D eigenvalue weighted by atomic mass is 16.6. The number of nitrogens with one attached hydrogen (secondary N) is 2. The number of nitrogens with zero attached hydrogens (tertiary/aromatic N) is 3. The van der Waals surface area contributed by atoms with Crippen LogP contribution in [0.25, 0.3) is 0 Å². The Kier molecular flexibility index (Phi) is 7.92. The minimum Gasteiger partial charge on any atom is -0.497 e. The molecule has 1 aromatic heterocycles. The van der Waals surface area contributed by atoms with Gasteiger partial charge in [-0.3, -0.25) is 9.63 Å². The van der Waals surface area contributed by atoms with Gasteiger partial charge in [0.25, 0.3) is 11.9 Å². The van der Waals surface area contributed by atoms with E-state index in [0.717, 1.165) is 11.1 Å². The number of carbonyl (C=O) groups is 1. The fourth-order valence-corrected chi connectivity index (χ4v) is 2.35. The van der Waals surface area contributed by atoms with Crippen LogP contribution in [0, 0.1) is 0 Å². The van der Waals surface area contributed by atoms with Crippen molar-refractivity contribution in [2.24, 2.45) is 10.7 Å². The molecule has 0 radical (unpaired) electrons. The first-order valence-corrected chi connectivity index (χ1v) is 8.56. The fraction of sp³-hybridized carbons (Fsp3) is 0.263. The lowest BCUT2D eigenvalue weighted by molar-refractivity contribution is 0.0537. The Morgan fingerprint density at radius 2 is 1.89 bits per heavy atom. The van der Waals surface area contributed by atoms with Gasteiger partial charge < -0.3 is 15.8 Å². The molecule has 0 saturated carbocycles. The molecule has 0 bridgehead atoms. The van der Waals surface area contributed by atoms with Crippen molar-refractivity contribution in [3.8, 4) is 5.75 Å². The topological polar surface area (TPSA) is 124 Å². The Balaban J connectivity index is 2.06. The van der Waals surface area contributed by atoms with Crippen molar-refractivity contribution in [2.45, 2.75) is 12.8 Å². The van der Waals surface area contributed by atoms with E-state index in [4.69, 9.17) is 10.5 Å². The number of hydrogen-bond acceptors (Lipinski definition) is 7. The van der Waals surface area contributed by atoms with Gasteiger partial charge in [0.1, 0.15) is 11.6 Å². The Labute approximate surface area is 163 Å². The van der Waals surface area contributed by atoms with Crippen molar-refractivity contribution in [3.63, 3.8) is 0 Å². The predicted molar refractivity (Wildman–Crippen MR) is 106 cm³/mol. The molecule has 0 spiro atoms. The molecule has 1 aromatic carbocycles. The summed E-state index contributed by atoms with van der Waals surface area (Å²) in [6.07, 6.45) is 8.08. The van der Waals surface area contributed by atoms with E-state index < -0.39 is 0 Å². The number of aryl methyl sites for hydroxylation is 2. The molecule has 0 saturated heterocycles. The van der Waals surface area contributed by atoms with Crippen LogP contribution in [0.1, 0.15) is 21.5 Å². The number of hydroxylamine groups is 1. The molecular weight excluding hydrogens is 360 g/mol. The molecule has 9 nitrogen and oxygen atoms in total. The summed E-state index contributed by atoms with van der Waals surface area (Å²) >= 11 is 0. The van der Waals surface area contributed by atoms with Crippen LogP contribution in [0.4, 0.5) is 5.95 Å². The molecule has 4 N–H and O–H groups in total. The second-order valence-electron chi connectivity index (χ2n) is 5.76. The summed E-state index contributed by atoms with van der Waals surface area (Å²) in [6.45, 7) is 0. The lowest BCUT2D eigenvalue weighted by Crippen LogP contribution is -2.22. The van der Waals surface area contributed by atoms with Gasteiger partial charge in [-0.05, 0) is 54.4 Å². The second kappa shape index (κ2) is 10.6. The van der Waals surface area contributed by atoms with Crippen molar-refractivity contribution in [1.29, 1.82) is 0 Å². The van der Waals surface area contributed by atoms with Crippen molar-refractivity contribution in [1.82, 2.24) is 20.8 Å². The van der Waals surface area contributed by atoms with E-state index >= 15 is 0 Å². The molecule has 1 heterocycles. The minimum absolute atomic E-state index is 0.293. The molecule has 2 rings (SSSR count). The summed E-state index contributed by atoms with van der Waals surface area (Å²) < 4.78 is 5.27. The van der Waals surface area contributed by atoms with Gasteiger partial charge in [-0.2, -0.15) is 4.99 Å². The average Bonchev–Trinajstić information content (AvgIpc) is 2.71. The number of benzene rings is 1. The largest absolute Gasteiger partial charge is 0.497 e. The Bertz CT molecular complexity index is 849. The van der Waals surface area contributed by atoms with E-state index in [0.29, 0.717) is 35.9 Å². The quantitative estimate of drug-likeness (QED) is 0.338. The number of amides is 1. The molecular formula is C19H24N6O3. The molecule has 2 aromatic rings. The number of ether oxygens (including phenoxy) is 1. The van der Waals surface area contributed by atoms with Crippen LogP contribution in [0.15, 0.2) is 47.9 Å². The highest BCUT2D eigenvalue weighted by Crippen LogP contribution is 2.19. The maximum absolute atomic E-state index is 12.0. The van der Waals surface area contributed by atoms with Gasteiger partial charge >= 0.3 is 0 Å². The molecule has 1 amide bonds. The van der Waals surface area contributed by atoms with E-state index in [9.17, 15) is 4.79 Å². The number of nitrogens with two attached hydrogens (primary N) is 1. The number of methoxy groups -OCH3 is 1. The van der Waals surface area contributed by atoms with Crippen LogP contribution in [-0.2, 0) is 17.7 Å². The van der Waals surface area contributed by atoms with Crippen LogP contribution in [0.5, 0.6) is 5.75 Å². The standard InChI is InChI=1S/C19H24N6O3/c1-21-7-6-17(20)24-19-22-11-14(12-23-19)5-4-13-8-15(18(26)25-28-3)10-16(9-13)27-2/h6-12,21H,4-5H2,1-3H3,(H,25,26)(H2,20,22,23,24)/b7-6-. The normalized spacial score (nSPS) is 11.5. The summed E-state index contributed by atoms with van der Waals surface area (Å²) in [5.74, 6) is 0.866. The third-order valence-corrected chi connectivity index (χ3v) is 3.70. The number of rotatable bonds is 9. The predicted octanol–water partition coefficient (Wildman–Crippen LogP) is 1.28. The molecule has 9 heteroatoms. The highest BCUT2D eigenvalue weighted by molar-refractivity contribution is 5.94. The van der Waals surface area contributed by atoms with Crippen LogP contribution < -0.4 is 21.3 Å². The summed E-state index contributed by atoms with van der Waals surface area (Å²) in [4.78, 5) is 29.2. The van der Waals surface area contributed by atoms with E-state index in [2.05, 4.69) is 30.6 Å². The SMILES string of the molecule is CN/C=C\C(N)=N/c1ncc(CCc2cc(OC)cc(C(=O)NOC)c2)cn1. The zero-order valence-electron chi connectivity index (χ0n) is 16.1. The summed E-state index contributed by atoms with van der Waals surface area (Å²) in [5.41, 5.74) is 10.4. The molecule has 0 aliphatic heterocycles. The van der Waals surface area contributed by atoms with Crippen LogP contribution >= 0.6 is 0 Å². The van der Waals surface area contributed by atoms with Gasteiger partial charge in [-0.1, -0.05) is 0 Å². The maximum atomic E-state index is 12.0. The van der Waals surface area contributed by atoms with E-state index in [1.54, 1.807) is 51.0 Å². The molecule has 148 valence electrons. The number of amidine groups is 1. The van der Waals surface area contributed by atoms with E-state index in [1.807, 2.05) is 6.07 Å². The average molecular weight is 384 g/mol. The Morgan fingerprint density at radius 3 is 2.54 bits per heavy atom. The van der Waals surface area contributed by atoms with Crippen molar-refractivity contribution in [2.75, 3.05) is 21.3 Å². The first-order chi connectivity index (χ1) is 13.5. The zero-order valence-corrected chi connectivity index (χ0v) is 16.1. The minimum atomic E-state index is -0.335. The van der Waals surface area contributed by atoms with Gasteiger partial charge in [0.05, 0.1) is 14.2 Å². The van der Waals surface area contributed by atoms with Crippen molar-refractivity contribution in [3.05, 3.63) is 59.6 Å². The van der Waals surface area contributed by atoms with Crippen LogP contribution in [-0.4, -0.2) is 43.0 Å². The maximum Gasteiger partial charge on any atom is 0.274 e. The first-order valence-electron chi connectivity index (χ1n) is 8.56. The molecule has 28 heavy (non-hydrogen) atoms.